The van der Waals surface area contributed by atoms with E-state index in [1.54, 1.807) is 36.4 Å². The van der Waals surface area contributed by atoms with E-state index in [-0.39, 0.29) is 10.7 Å². The second-order valence-corrected chi connectivity index (χ2v) is 7.54. The van der Waals surface area contributed by atoms with Crippen molar-refractivity contribution in [3.05, 3.63) is 65.2 Å². The van der Waals surface area contributed by atoms with Crippen molar-refractivity contribution < 1.29 is 13.2 Å². The number of rotatable bonds is 2. The van der Waals surface area contributed by atoms with Crippen molar-refractivity contribution in [1.29, 1.82) is 0 Å². The lowest BCUT2D eigenvalue weighted by Crippen LogP contribution is -2.35. The van der Waals surface area contributed by atoms with Gasteiger partial charge in [-0.25, -0.2) is 8.42 Å². The highest BCUT2D eigenvalue weighted by atomic mass is 32.2. The molecule has 0 saturated heterocycles. The summed E-state index contributed by atoms with van der Waals surface area (Å²) < 4.78 is 25.4. The molecule has 0 aromatic heterocycles. The Morgan fingerprint density at radius 3 is 2.38 bits per heavy atom. The van der Waals surface area contributed by atoms with Crippen molar-refractivity contribution in [1.82, 2.24) is 0 Å². The summed E-state index contributed by atoms with van der Waals surface area (Å²) in [7, 11) is -3.62. The van der Waals surface area contributed by atoms with Gasteiger partial charge in [0.15, 0.2) is 15.6 Å². The molecule has 0 amide bonds. The molecule has 0 saturated carbocycles. The van der Waals surface area contributed by atoms with E-state index in [1.165, 1.54) is 0 Å². The third-order valence-electron chi connectivity index (χ3n) is 3.98. The normalized spacial score (nSPS) is 18.3. The lowest BCUT2D eigenvalue weighted by atomic mass is 9.90. The quantitative estimate of drug-likeness (QED) is 0.857. The molecule has 21 heavy (non-hydrogen) atoms. The van der Waals surface area contributed by atoms with Crippen LogP contribution in [0.3, 0.4) is 0 Å². The molecule has 1 unspecified atom stereocenters. The van der Waals surface area contributed by atoms with Gasteiger partial charge >= 0.3 is 0 Å². The number of fused-ring (bicyclic) bond motifs is 1. The number of benzene rings is 2. The van der Waals surface area contributed by atoms with E-state index in [0.717, 1.165) is 11.1 Å². The molecule has 0 radical (unpaired) electrons. The molecule has 0 fully saturated rings. The molecule has 4 heteroatoms. The first-order chi connectivity index (χ1) is 10.00. The topological polar surface area (TPSA) is 51.2 Å². The molecule has 3 rings (SSSR count). The van der Waals surface area contributed by atoms with E-state index in [9.17, 15) is 13.2 Å². The van der Waals surface area contributed by atoms with Gasteiger partial charge in [0.1, 0.15) is 5.25 Å². The largest absolute Gasteiger partial charge is 0.293 e. The Labute approximate surface area is 124 Å². The number of aryl methyl sites for hydroxylation is 2. The predicted octanol–water partition coefficient (Wildman–Crippen LogP) is 2.97. The highest BCUT2D eigenvalue weighted by Crippen LogP contribution is 2.29. The first-order valence-electron chi connectivity index (χ1n) is 6.93. The lowest BCUT2D eigenvalue weighted by molar-refractivity contribution is 0.0976. The fourth-order valence-electron chi connectivity index (χ4n) is 2.76. The van der Waals surface area contributed by atoms with Crippen LogP contribution in [0.1, 0.15) is 27.9 Å². The zero-order chi connectivity index (χ0) is 15.0. The van der Waals surface area contributed by atoms with E-state index in [0.29, 0.717) is 18.4 Å². The van der Waals surface area contributed by atoms with Crippen LogP contribution in [0, 0.1) is 6.92 Å². The van der Waals surface area contributed by atoms with Crippen LogP contribution in [-0.2, 0) is 16.3 Å². The molecule has 2 aromatic carbocycles. The van der Waals surface area contributed by atoms with Gasteiger partial charge in [0, 0.05) is 5.56 Å². The zero-order valence-electron chi connectivity index (χ0n) is 11.7. The Balaban J connectivity index is 2.01. The minimum Gasteiger partial charge on any atom is -0.293 e. The highest BCUT2D eigenvalue weighted by Gasteiger charge is 2.37. The highest BCUT2D eigenvalue weighted by molar-refractivity contribution is 7.92. The third-order valence-corrected chi connectivity index (χ3v) is 6.10. The first-order valence-corrected chi connectivity index (χ1v) is 8.47. The van der Waals surface area contributed by atoms with Gasteiger partial charge < -0.3 is 0 Å². The lowest BCUT2D eigenvalue weighted by Gasteiger charge is -2.23. The second-order valence-electron chi connectivity index (χ2n) is 5.41. The van der Waals surface area contributed by atoms with Crippen molar-refractivity contribution >= 4 is 15.6 Å². The molecular weight excluding hydrogens is 284 g/mol. The average molecular weight is 300 g/mol. The fourth-order valence-corrected chi connectivity index (χ4v) is 4.44. The molecule has 3 nitrogen and oxygen atoms in total. The number of sulfone groups is 1. The Hall–Kier alpha value is -1.94. The first kappa shape index (κ1) is 14.0. The summed E-state index contributed by atoms with van der Waals surface area (Å²) in [5.74, 6) is -0.280. The summed E-state index contributed by atoms with van der Waals surface area (Å²) >= 11 is 0. The van der Waals surface area contributed by atoms with E-state index in [4.69, 9.17) is 0 Å². The van der Waals surface area contributed by atoms with Crippen LogP contribution in [0.5, 0.6) is 0 Å². The maximum atomic E-state index is 12.7. The second kappa shape index (κ2) is 5.11. The van der Waals surface area contributed by atoms with Gasteiger partial charge in [-0.1, -0.05) is 42.0 Å². The molecular formula is C17H16O3S. The molecule has 0 heterocycles. The summed E-state index contributed by atoms with van der Waals surface area (Å²) in [6.07, 6.45) is 0.976. The number of carbonyl (C=O) groups is 1. The third kappa shape index (κ3) is 2.40. The van der Waals surface area contributed by atoms with Gasteiger partial charge in [0.25, 0.3) is 0 Å². The summed E-state index contributed by atoms with van der Waals surface area (Å²) in [5, 5.41) is -0.963. The average Bonchev–Trinajstić information content (AvgIpc) is 2.48. The maximum Gasteiger partial charge on any atom is 0.188 e. The summed E-state index contributed by atoms with van der Waals surface area (Å²) in [4.78, 5) is 12.8. The van der Waals surface area contributed by atoms with Crippen LogP contribution in [0.25, 0.3) is 0 Å². The fraction of sp³-hybridized carbons (Fsp3) is 0.235. The van der Waals surface area contributed by atoms with E-state index >= 15 is 0 Å². The van der Waals surface area contributed by atoms with Gasteiger partial charge in [0.2, 0.25) is 0 Å². The van der Waals surface area contributed by atoms with Crippen molar-refractivity contribution in [2.45, 2.75) is 29.9 Å². The van der Waals surface area contributed by atoms with Crippen molar-refractivity contribution in [2.24, 2.45) is 0 Å². The summed E-state index contributed by atoms with van der Waals surface area (Å²) in [6, 6.07) is 13.9. The van der Waals surface area contributed by atoms with Crippen molar-refractivity contribution in [3.8, 4) is 0 Å². The SMILES string of the molecule is Cc1ccc(S(=O)(=O)C2CCc3ccccc3C2=O)cc1. The molecule has 0 aliphatic heterocycles. The van der Waals surface area contributed by atoms with Crippen LogP contribution >= 0.6 is 0 Å². The van der Waals surface area contributed by atoms with E-state index < -0.39 is 15.1 Å². The molecule has 2 aromatic rings. The van der Waals surface area contributed by atoms with Crippen LogP contribution in [-0.4, -0.2) is 19.5 Å². The van der Waals surface area contributed by atoms with E-state index in [2.05, 4.69) is 0 Å². The Bertz CT molecular complexity index is 789. The van der Waals surface area contributed by atoms with Gasteiger partial charge in [-0.05, 0) is 37.5 Å². The number of hydrogen-bond donors (Lipinski definition) is 0. The van der Waals surface area contributed by atoms with Gasteiger partial charge in [-0.2, -0.15) is 0 Å². The minimum absolute atomic E-state index is 0.228. The number of hydrogen-bond acceptors (Lipinski definition) is 3. The number of ketones is 1. The van der Waals surface area contributed by atoms with Gasteiger partial charge in [-0.3, -0.25) is 4.79 Å². The molecule has 1 aliphatic carbocycles. The van der Waals surface area contributed by atoms with Crippen LogP contribution in [0.15, 0.2) is 53.4 Å². The summed E-state index contributed by atoms with van der Waals surface area (Å²) in [6.45, 7) is 1.90. The number of carbonyl (C=O) groups excluding carboxylic acids is 1. The monoisotopic (exact) mass is 300 g/mol. The van der Waals surface area contributed by atoms with Crippen LogP contribution in [0.4, 0.5) is 0 Å². The van der Waals surface area contributed by atoms with Crippen LogP contribution < -0.4 is 0 Å². The van der Waals surface area contributed by atoms with Crippen molar-refractivity contribution in [2.75, 3.05) is 0 Å². The number of Topliss-reactive ketones (excluding diaryl/α,β-unsaturated/α-hetero) is 1. The molecule has 108 valence electrons. The standard InChI is InChI=1S/C17H16O3S/c1-12-6-9-14(10-7-12)21(19,20)16-11-8-13-4-2-3-5-15(13)17(16)18/h2-7,9-10,16H,8,11H2,1H3. The van der Waals surface area contributed by atoms with Gasteiger partial charge in [0.05, 0.1) is 4.90 Å². The molecule has 1 atom stereocenters. The predicted molar refractivity (Wildman–Crippen MR) is 81.2 cm³/mol. The molecule has 0 N–H and O–H groups in total. The smallest absolute Gasteiger partial charge is 0.188 e. The van der Waals surface area contributed by atoms with E-state index in [1.807, 2.05) is 19.1 Å². The zero-order valence-corrected chi connectivity index (χ0v) is 12.6. The van der Waals surface area contributed by atoms with Gasteiger partial charge in [-0.15, -0.1) is 0 Å². The van der Waals surface area contributed by atoms with Crippen molar-refractivity contribution in [3.63, 3.8) is 0 Å². The molecule has 0 spiro atoms. The Morgan fingerprint density at radius 2 is 1.67 bits per heavy atom. The molecule has 0 bridgehead atoms. The Kier molecular flexibility index (Phi) is 3.41. The molecule has 1 aliphatic rings. The minimum atomic E-state index is -3.62. The van der Waals surface area contributed by atoms with Crippen LogP contribution in [0.2, 0.25) is 0 Å². The Morgan fingerprint density at radius 1 is 1.00 bits per heavy atom. The summed E-state index contributed by atoms with van der Waals surface area (Å²) in [5.41, 5.74) is 2.48. The maximum absolute atomic E-state index is 12.7.